The van der Waals surface area contributed by atoms with Gasteiger partial charge in [0.2, 0.25) is 0 Å². The van der Waals surface area contributed by atoms with Crippen molar-refractivity contribution in [3.8, 4) is 11.5 Å². The van der Waals surface area contributed by atoms with Crippen molar-refractivity contribution in [3.63, 3.8) is 0 Å². The summed E-state index contributed by atoms with van der Waals surface area (Å²) in [5.41, 5.74) is 9.18. The summed E-state index contributed by atoms with van der Waals surface area (Å²) < 4.78 is 11.0. The second-order valence-electron chi connectivity index (χ2n) is 4.47. The minimum absolute atomic E-state index is 0.379. The molecule has 0 aliphatic heterocycles. The standard InChI is InChI=1S/C14H23NO2/c1-9(6-7-15)12-10(2)8-11(3)13(16-4)14(12)17-5/h8-9H,6-7,15H2,1-5H3. The first kappa shape index (κ1) is 13.8. The van der Waals surface area contributed by atoms with Crippen LogP contribution in [-0.4, -0.2) is 20.8 Å². The smallest absolute Gasteiger partial charge is 0.164 e. The molecule has 0 fully saturated rings. The molecule has 1 aromatic rings. The monoisotopic (exact) mass is 237 g/mol. The van der Waals surface area contributed by atoms with E-state index in [0.717, 1.165) is 23.5 Å². The molecular formula is C14H23NO2. The Bertz CT molecular complexity index is 388. The summed E-state index contributed by atoms with van der Waals surface area (Å²) >= 11 is 0. The molecule has 1 rings (SSSR count). The van der Waals surface area contributed by atoms with Crippen molar-refractivity contribution >= 4 is 0 Å². The lowest BCUT2D eigenvalue weighted by molar-refractivity contribution is 0.347. The summed E-state index contributed by atoms with van der Waals surface area (Å²) in [7, 11) is 3.37. The third kappa shape index (κ3) is 2.72. The van der Waals surface area contributed by atoms with Crippen LogP contribution >= 0.6 is 0 Å². The molecule has 3 heteroatoms. The van der Waals surface area contributed by atoms with Gasteiger partial charge in [-0.15, -0.1) is 0 Å². The lowest BCUT2D eigenvalue weighted by Gasteiger charge is -2.21. The van der Waals surface area contributed by atoms with Crippen molar-refractivity contribution in [2.24, 2.45) is 5.73 Å². The van der Waals surface area contributed by atoms with E-state index in [0.29, 0.717) is 12.5 Å². The van der Waals surface area contributed by atoms with Crippen molar-refractivity contribution in [1.82, 2.24) is 0 Å². The van der Waals surface area contributed by atoms with Crippen LogP contribution in [0.2, 0.25) is 0 Å². The van der Waals surface area contributed by atoms with Crippen molar-refractivity contribution in [3.05, 3.63) is 22.8 Å². The molecule has 0 heterocycles. The Labute approximate surface area is 104 Å². The van der Waals surface area contributed by atoms with Crippen LogP contribution in [0.5, 0.6) is 11.5 Å². The van der Waals surface area contributed by atoms with E-state index in [1.165, 1.54) is 11.1 Å². The quantitative estimate of drug-likeness (QED) is 0.856. The molecule has 1 atom stereocenters. The first-order chi connectivity index (χ1) is 8.06. The molecule has 0 aliphatic rings. The Kier molecular flexibility index (Phi) is 4.82. The Morgan fingerprint density at radius 2 is 1.71 bits per heavy atom. The van der Waals surface area contributed by atoms with Gasteiger partial charge in [0.25, 0.3) is 0 Å². The van der Waals surface area contributed by atoms with Crippen LogP contribution in [0.15, 0.2) is 6.07 Å². The highest BCUT2D eigenvalue weighted by molar-refractivity contribution is 5.56. The topological polar surface area (TPSA) is 44.5 Å². The number of aryl methyl sites for hydroxylation is 2. The second-order valence-corrected chi connectivity index (χ2v) is 4.47. The van der Waals surface area contributed by atoms with Crippen molar-refractivity contribution in [1.29, 1.82) is 0 Å². The minimum atomic E-state index is 0.379. The van der Waals surface area contributed by atoms with Gasteiger partial charge in [0.05, 0.1) is 14.2 Å². The van der Waals surface area contributed by atoms with E-state index >= 15 is 0 Å². The number of nitrogens with two attached hydrogens (primary N) is 1. The molecule has 1 aromatic carbocycles. The number of rotatable bonds is 5. The largest absolute Gasteiger partial charge is 0.493 e. The number of benzene rings is 1. The van der Waals surface area contributed by atoms with Gasteiger partial charge in [-0.1, -0.05) is 13.0 Å². The van der Waals surface area contributed by atoms with Gasteiger partial charge in [-0.05, 0) is 43.9 Å². The first-order valence-corrected chi connectivity index (χ1v) is 5.98. The Balaban J connectivity index is 3.36. The van der Waals surface area contributed by atoms with Crippen LogP contribution in [-0.2, 0) is 0 Å². The van der Waals surface area contributed by atoms with Crippen LogP contribution in [0.4, 0.5) is 0 Å². The lowest BCUT2D eigenvalue weighted by atomic mass is 9.91. The zero-order valence-corrected chi connectivity index (χ0v) is 11.5. The third-order valence-corrected chi connectivity index (χ3v) is 3.17. The van der Waals surface area contributed by atoms with Crippen molar-refractivity contribution in [2.45, 2.75) is 33.1 Å². The maximum Gasteiger partial charge on any atom is 0.164 e. The highest BCUT2D eigenvalue weighted by Crippen LogP contribution is 2.41. The van der Waals surface area contributed by atoms with Crippen molar-refractivity contribution < 1.29 is 9.47 Å². The van der Waals surface area contributed by atoms with Crippen LogP contribution in [0.1, 0.15) is 36.0 Å². The summed E-state index contributed by atoms with van der Waals surface area (Å²) in [5.74, 6) is 2.06. The fourth-order valence-corrected chi connectivity index (χ4v) is 2.41. The molecule has 3 nitrogen and oxygen atoms in total. The van der Waals surface area contributed by atoms with E-state index in [1.54, 1.807) is 14.2 Å². The normalized spacial score (nSPS) is 12.4. The maximum atomic E-state index is 5.64. The van der Waals surface area contributed by atoms with Crippen molar-refractivity contribution in [2.75, 3.05) is 20.8 Å². The summed E-state index contributed by atoms with van der Waals surface area (Å²) in [5, 5.41) is 0. The second kappa shape index (κ2) is 5.92. The Hall–Kier alpha value is -1.22. The van der Waals surface area contributed by atoms with Gasteiger partial charge in [0.15, 0.2) is 11.5 Å². The van der Waals surface area contributed by atoms with Gasteiger partial charge in [-0.3, -0.25) is 0 Å². The number of methoxy groups -OCH3 is 2. The Morgan fingerprint density at radius 3 is 2.18 bits per heavy atom. The highest BCUT2D eigenvalue weighted by atomic mass is 16.5. The van der Waals surface area contributed by atoms with Crippen LogP contribution < -0.4 is 15.2 Å². The Morgan fingerprint density at radius 1 is 1.12 bits per heavy atom. The molecule has 17 heavy (non-hydrogen) atoms. The van der Waals surface area contributed by atoms with Gasteiger partial charge >= 0.3 is 0 Å². The van der Waals surface area contributed by atoms with Gasteiger partial charge in [-0.2, -0.15) is 0 Å². The van der Waals surface area contributed by atoms with Crippen LogP contribution in [0.3, 0.4) is 0 Å². The van der Waals surface area contributed by atoms with E-state index in [4.69, 9.17) is 15.2 Å². The van der Waals surface area contributed by atoms with Gasteiger partial charge in [0, 0.05) is 5.56 Å². The minimum Gasteiger partial charge on any atom is -0.493 e. The average molecular weight is 237 g/mol. The number of hydrogen-bond donors (Lipinski definition) is 1. The van der Waals surface area contributed by atoms with Crippen LogP contribution in [0, 0.1) is 13.8 Å². The van der Waals surface area contributed by atoms with E-state index in [1.807, 2.05) is 6.92 Å². The lowest BCUT2D eigenvalue weighted by Crippen LogP contribution is -2.08. The molecule has 2 N–H and O–H groups in total. The van der Waals surface area contributed by atoms with E-state index in [-0.39, 0.29) is 0 Å². The summed E-state index contributed by atoms with van der Waals surface area (Å²) in [6.07, 6.45) is 0.948. The zero-order chi connectivity index (χ0) is 13.0. The molecule has 0 saturated heterocycles. The van der Waals surface area contributed by atoms with E-state index in [9.17, 15) is 0 Å². The molecule has 0 spiro atoms. The van der Waals surface area contributed by atoms with Gasteiger partial charge in [-0.25, -0.2) is 0 Å². The molecule has 0 bridgehead atoms. The van der Waals surface area contributed by atoms with E-state index < -0.39 is 0 Å². The fourth-order valence-electron chi connectivity index (χ4n) is 2.41. The molecule has 0 amide bonds. The fraction of sp³-hybridized carbons (Fsp3) is 0.571. The third-order valence-electron chi connectivity index (χ3n) is 3.17. The summed E-state index contributed by atoms with van der Waals surface area (Å²) in [6, 6.07) is 2.14. The number of hydrogen-bond acceptors (Lipinski definition) is 3. The molecule has 0 aromatic heterocycles. The van der Waals surface area contributed by atoms with E-state index in [2.05, 4.69) is 19.9 Å². The zero-order valence-electron chi connectivity index (χ0n) is 11.5. The summed E-state index contributed by atoms with van der Waals surface area (Å²) in [4.78, 5) is 0. The predicted molar refractivity (Wildman–Crippen MR) is 71.1 cm³/mol. The van der Waals surface area contributed by atoms with Gasteiger partial charge < -0.3 is 15.2 Å². The maximum absolute atomic E-state index is 5.64. The number of ether oxygens (including phenoxy) is 2. The molecule has 1 unspecified atom stereocenters. The molecule has 0 saturated carbocycles. The van der Waals surface area contributed by atoms with Gasteiger partial charge in [0.1, 0.15) is 0 Å². The SMILES string of the molecule is COc1c(C)cc(C)c(C(C)CCN)c1OC. The summed E-state index contributed by atoms with van der Waals surface area (Å²) in [6.45, 7) is 7.00. The highest BCUT2D eigenvalue weighted by Gasteiger charge is 2.19. The molecule has 96 valence electrons. The first-order valence-electron chi connectivity index (χ1n) is 5.98. The predicted octanol–water partition coefficient (Wildman–Crippen LogP) is 2.77. The molecule has 0 aliphatic carbocycles. The molecule has 0 radical (unpaired) electrons. The van der Waals surface area contributed by atoms with Crippen LogP contribution in [0.25, 0.3) is 0 Å². The molecular weight excluding hydrogens is 214 g/mol. The average Bonchev–Trinajstić information content (AvgIpc) is 2.28.